The van der Waals surface area contributed by atoms with Crippen LogP contribution in [-0.2, 0) is 6.54 Å². The average molecular weight is 375 g/mol. The van der Waals surface area contributed by atoms with Gasteiger partial charge >= 0.3 is 0 Å². The highest BCUT2D eigenvalue weighted by atomic mass is 32.2. The summed E-state index contributed by atoms with van der Waals surface area (Å²) in [4.78, 5) is 29.2. The number of thioether (sulfide) groups is 1. The molecule has 0 atom stereocenters. The molecule has 1 aliphatic rings. The van der Waals surface area contributed by atoms with Gasteiger partial charge in [-0.05, 0) is 39.7 Å². The summed E-state index contributed by atoms with van der Waals surface area (Å²) in [5, 5.41) is 10.2. The first-order chi connectivity index (χ1) is 12.4. The molecule has 6 nitrogen and oxygen atoms in total. The zero-order valence-electron chi connectivity index (χ0n) is 15.5. The number of carbonyl (C=O) groups is 1. The van der Waals surface area contributed by atoms with E-state index in [9.17, 15) is 14.7 Å². The van der Waals surface area contributed by atoms with E-state index in [1.54, 1.807) is 4.57 Å². The Morgan fingerprint density at radius 1 is 1.31 bits per heavy atom. The first kappa shape index (κ1) is 18.8. The fraction of sp³-hybridized carbons (Fsp3) is 0.526. The Morgan fingerprint density at radius 2 is 2.00 bits per heavy atom. The Bertz CT molecular complexity index is 879. The highest BCUT2D eigenvalue weighted by molar-refractivity contribution is 7.99. The van der Waals surface area contributed by atoms with E-state index in [0.717, 1.165) is 49.7 Å². The lowest BCUT2D eigenvalue weighted by atomic mass is 10.2. The average Bonchev–Trinajstić information content (AvgIpc) is 3.20. The van der Waals surface area contributed by atoms with Gasteiger partial charge in [-0.15, -0.1) is 0 Å². The van der Waals surface area contributed by atoms with Crippen molar-refractivity contribution in [3.63, 3.8) is 0 Å². The molecule has 0 unspecified atom stereocenters. The lowest BCUT2D eigenvalue weighted by Gasteiger charge is -2.17. The SMILES string of the molecule is CCn1c(C)cc(C(=O)CSc2nc(O)cc(=O)n2C2CCCC2)c1C. The number of rotatable bonds is 6. The Morgan fingerprint density at radius 3 is 2.62 bits per heavy atom. The smallest absolute Gasteiger partial charge is 0.258 e. The molecule has 26 heavy (non-hydrogen) atoms. The van der Waals surface area contributed by atoms with E-state index < -0.39 is 0 Å². The van der Waals surface area contributed by atoms with Gasteiger partial charge in [0.2, 0.25) is 5.88 Å². The maximum absolute atomic E-state index is 12.7. The molecule has 1 saturated carbocycles. The van der Waals surface area contributed by atoms with Crippen molar-refractivity contribution >= 4 is 17.5 Å². The van der Waals surface area contributed by atoms with Crippen molar-refractivity contribution in [3.05, 3.63) is 39.4 Å². The van der Waals surface area contributed by atoms with E-state index in [2.05, 4.69) is 16.5 Å². The van der Waals surface area contributed by atoms with Crippen molar-refractivity contribution in [2.45, 2.75) is 64.2 Å². The molecule has 1 aliphatic carbocycles. The van der Waals surface area contributed by atoms with Crippen LogP contribution in [0.15, 0.2) is 22.1 Å². The lowest BCUT2D eigenvalue weighted by Crippen LogP contribution is -2.25. The molecule has 0 amide bonds. The van der Waals surface area contributed by atoms with E-state index in [-0.39, 0.29) is 29.0 Å². The molecule has 1 fully saturated rings. The molecule has 140 valence electrons. The van der Waals surface area contributed by atoms with Crippen LogP contribution in [0.25, 0.3) is 0 Å². The van der Waals surface area contributed by atoms with Crippen LogP contribution in [0.5, 0.6) is 5.88 Å². The van der Waals surface area contributed by atoms with Crippen LogP contribution < -0.4 is 5.56 Å². The van der Waals surface area contributed by atoms with Gasteiger partial charge in [0, 0.05) is 29.5 Å². The largest absolute Gasteiger partial charge is 0.493 e. The third kappa shape index (κ3) is 3.58. The van der Waals surface area contributed by atoms with Gasteiger partial charge < -0.3 is 9.67 Å². The van der Waals surface area contributed by atoms with Gasteiger partial charge in [-0.1, -0.05) is 24.6 Å². The van der Waals surface area contributed by atoms with Gasteiger partial charge in [0.25, 0.3) is 5.56 Å². The zero-order chi connectivity index (χ0) is 18.8. The van der Waals surface area contributed by atoms with Gasteiger partial charge in [-0.2, -0.15) is 4.98 Å². The topological polar surface area (TPSA) is 77.1 Å². The molecule has 2 aromatic rings. The summed E-state index contributed by atoms with van der Waals surface area (Å²) in [5.41, 5.74) is 2.50. The number of hydrogen-bond acceptors (Lipinski definition) is 5. The van der Waals surface area contributed by atoms with Crippen molar-refractivity contribution in [2.24, 2.45) is 0 Å². The summed E-state index contributed by atoms with van der Waals surface area (Å²) in [5.74, 6) is -0.0851. The van der Waals surface area contributed by atoms with Crippen LogP contribution in [0, 0.1) is 13.8 Å². The van der Waals surface area contributed by atoms with Crippen LogP contribution in [0.4, 0.5) is 0 Å². The van der Waals surface area contributed by atoms with E-state index in [1.165, 1.54) is 11.8 Å². The molecular weight excluding hydrogens is 350 g/mol. The van der Waals surface area contributed by atoms with Crippen LogP contribution >= 0.6 is 11.8 Å². The lowest BCUT2D eigenvalue weighted by molar-refractivity contribution is 0.102. The molecule has 0 spiro atoms. The number of nitrogens with zero attached hydrogens (tertiary/aromatic N) is 3. The Labute approximate surface area is 157 Å². The number of ketones is 1. The summed E-state index contributed by atoms with van der Waals surface area (Å²) in [7, 11) is 0. The molecule has 0 aliphatic heterocycles. The van der Waals surface area contributed by atoms with Crippen molar-refractivity contribution in [1.82, 2.24) is 14.1 Å². The van der Waals surface area contributed by atoms with Gasteiger partial charge in [0.15, 0.2) is 10.9 Å². The summed E-state index contributed by atoms with van der Waals surface area (Å²) >= 11 is 1.23. The number of Topliss-reactive ketones (excluding diaryl/α,β-unsaturated/α-hetero) is 1. The second-order valence-electron chi connectivity index (χ2n) is 6.78. The molecule has 0 aromatic carbocycles. The van der Waals surface area contributed by atoms with E-state index >= 15 is 0 Å². The van der Waals surface area contributed by atoms with Crippen LogP contribution in [0.1, 0.15) is 60.4 Å². The van der Waals surface area contributed by atoms with Crippen molar-refractivity contribution in [1.29, 1.82) is 0 Å². The molecular formula is C19H25N3O3S. The maximum atomic E-state index is 12.7. The number of aryl methyl sites for hydroxylation is 1. The van der Waals surface area contributed by atoms with Crippen molar-refractivity contribution in [2.75, 3.05) is 5.75 Å². The van der Waals surface area contributed by atoms with Gasteiger partial charge in [0.1, 0.15) is 0 Å². The van der Waals surface area contributed by atoms with E-state index in [1.807, 2.05) is 19.9 Å². The van der Waals surface area contributed by atoms with E-state index in [0.29, 0.717) is 10.7 Å². The van der Waals surface area contributed by atoms with Gasteiger partial charge in [-0.25, -0.2) is 0 Å². The third-order valence-electron chi connectivity index (χ3n) is 5.12. The first-order valence-corrected chi connectivity index (χ1v) is 10.1. The second kappa shape index (κ2) is 7.70. The predicted molar refractivity (Wildman–Crippen MR) is 102 cm³/mol. The normalized spacial score (nSPS) is 14.9. The minimum atomic E-state index is -0.289. The minimum absolute atomic E-state index is 0.0124. The third-order valence-corrected chi connectivity index (χ3v) is 6.07. The molecule has 3 rings (SSSR count). The maximum Gasteiger partial charge on any atom is 0.258 e. The van der Waals surface area contributed by atoms with Crippen molar-refractivity contribution < 1.29 is 9.90 Å². The molecule has 0 bridgehead atoms. The second-order valence-corrected chi connectivity index (χ2v) is 7.73. The van der Waals surface area contributed by atoms with Gasteiger partial charge in [-0.3, -0.25) is 14.2 Å². The Balaban J connectivity index is 1.83. The molecule has 0 radical (unpaired) electrons. The summed E-state index contributed by atoms with van der Waals surface area (Å²) in [6.07, 6.45) is 4.05. The van der Waals surface area contributed by atoms with E-state index in [4.69, 9.17) is 0 Å². The van der Waals surface area contributed by atoms with Crippen LogP contribution in [-0.4, -0.2) is 30.8 Å². The summed E-state index contributed by atoms with van der Waals surface area (Å²) in [6.45, 7) is 6.83. The number of hydrogen-bond donors (Lipinski definition) is 1. The predicted octanol–water partition coefficient (Wildman–Crippen LogP) is 3.48. The fourth-order valence-electron chi connectivity index (χ4n) is 3.84. The molecule has 2 heterocycles. The van der Waals surface area contributed by atoms with Crippen LogP contribution in [0.3, 0.4) is 0 Å². The molecule has 7 heteroatoms. The minimum Gasteiger partial charge on any atom is -0.493 e. The Hall–Kier alpha value is -2.02. The quantitative estimate of drug-likeness (QED) is 0.475. The molecule has 0 saturated heterocycles. The van der Waals surface area contributed by atoms with Crippen LogP contribution in [0.2, 0.25) is 0 Å². The number of aromatic nitrogens is 3. The fourth-order valence-corrected chi connectivity index (χ4v) is 4.79. The molecule has 1 N–H and O–H groups in total. The highest BCUT2D eigenvalue weighted by Crippen LogP contribution is 2.32. The summed E-state index contributed by atoms with van der Waals surface area (Å²) < 4.78 is 3.76. The number of carbonyl (C=O) groups excluding carboxylic acids is 1. The standard InChI is InChI=1S/C19H25N3O3S/c1-4-21-12(2)9-15(13(21)3)16(23)11-26-19-20-17(24)10-18(25)22(19)14-7-5-6-8-14/h9-10,14,24H,4-8,11H2,1-3H3. The first-order valence-electron chi connectivity index (χ1n) is 9.07. The number of aromatic hydroxyl groups is 1. The van der Waals surface area contributed by atoms with Crippen molar-refractivity contribution in [3.8, 4) is 5.88 Å². The van der Waals surface area contributed by atoms with Gasteiger partial charge in [0.05, 0.1) is 11.8 Å². The highest BCUT2D eigenvalue weighted by Gasteiger charge is 2.23. The Kier molecular flexibility index (Phi) is 5.55. The zero-order valence-corrected chi connectivity index (χ0v) is 16.3. The monoisotopic (exact) mass is 375 g/mol. The molecule has 2 aromatic heterocycles. The summed E-state index contributed by atoms with van der Waals surface area (Å²) in [6, 6.07) is 3.18.